The molecule has 0 unspecified atom stereocenters. The molecule has 5 heteroatoms. The number of fused-ring (bicyclic) bond motifs is 1. The molecule has 2 heterocycles. The zero-order valence-electron chi connectivity index (χ0n) is 15.2. The van der Waals surface area contributed by atoms with E-state index in [1.165, 1.54) is 5.69 Å². The third-order valence-electron chi connectivity index (χ3n) is 4.95. The van der Waals surface area contributed by atoms with Crippen LogP contribution in [-0.2, 0) is 0 Å². The maximum absolute atomic E-state index is 6.07. The first-order valence-corrected chi connectivity index (χ1v) is 8.94. The number of piperazine rings is 1. The summed E-state index contributed by atoms with van der Waals surface area (Å²) in [6.07, 6.45) is 2.20. The Morgan fingerprint density at radius 3 is 2.54 bits per heavy atom. The molecule has 5 nitrogen and oxygen atoms in total. The Hall–Kier alpha value is -2.66. The Labute approximate surface area is 154 Å². The van der Waals surface area contributed by atoms with E-state index in [2.05, 4.69) is 34.5 Å². The van der Waals surface area contributed by atoms with Gasteiger partial charge in [-0.25, -0.2) is 0 Å². The molecule has 1 saturated heterocycles. The van der Waals surface area contributed by atoms with Crippen LogP contribution < -0.4 is 24.4 Å². The van der Waals surface area contributed by atoms with Gasteiger partial charge in [-0.05, 0) is 41.5 Å². The molecule has 1 N–H and O–H groups in total. The molecule has 2 aliphatic rings. The van der Waals surface area contributed by atoms with Crippen molar-refractivity contribution in [1.29, 1.82) is 0 Å². The van der Waals surface area contributed by atoms with Gasteiger partial charge in [0, 0.05) is 43.5 Å². The van der Waals surface area contributed by atoms with E-state index in [0.29, 0.717) is 6.61 Å². The number of methoxy groups -OCH3 is 2. The van der Waals surface area contributed by atoms with Gasteiger partial charge in [0.25, 0.3) is 0 Å². The second kappa shape index (κ2) is 7.30. The Bertz CT molecular complexity index is 826. The number of hydrogen-bond acceptors (Lipinski definition) is 5. The first kappa shape index (κ1) is 16.8. The molecular weight excluding hydrogens is 328 g/mol. The summed E-state index contributed by atoms with van der Waals surface area (Å²) in [5.74, 6) is 2.41. The molecule has 0 atom stereocenters. The molecule has 2 aliphatic heterocycles. The van der Waals surface area contributed by atoms with E-state index in [1.54, 1.807) is 14.2 Å². The highest BCUT2D eigenvalue weighted by atomic mass is 16.5. The molecule has 136 valence electrons. The summed E-state index contributed by atoms with van der Waals surface area (Å²) in [6, 6.07) is 12.4. The van der Waals surface area contributed by atoms with Crippen LogP contribution in [0.5, 0.6) is 17.2 Å². The van der Waals surface area contributed by atoms with Crippen LogP contribution in [0.4, 0.5) is 5.69 Å². The third-order valence-corrected chi connectivity index (χ3v) is 4.95. The second-order valence-electron chi connectivity index (χ2n) is 6.49. The summed E-state index contributed by atoms with van der Waals surface area (Å²) in [5.41, 5.74) is 4.56. The molecule has 2 aromatic rings. The summed E-state index contributed by atoms with van der Waals surface area (Å²) in [6.45, 7) is 4.67. The number of ether oxygens (including phenoxy) is 3. The molecule has 0 radical (unpaired) electrons. The first-order chi connectivity index (χ1) is 12.8. The van der Waals surface area contributed by atoms with Gasteiger partial charge < -0.3 is 24.4 Å². The fraction of sp³-hybridized carbons (Fsp3) is 0.333. The molecule has 26 heavy (non-hydrogen) atoms. The van der Waals surface area contributed by atoms with Crippen LogP contribution in [0.25, 0.3) is 11.6 Å². The standard InChI is InChI=1S/C21H24N2O3/c1-24-19-6-4-15(12-21(19)25-2)17-11-16-3-5-18(13-20(16)26-14-17)23-9-7-22-8-10-23/h3-6,11-13,22H,7-10,14H2,1-2H3. The van der Waals surface area contributed by atoms with E-state index < -0.39 is 0 Å². The third kappa shape index (κ3) is 3.22. The molecular formula is C21H24N2O3. The zero-order valence-corrected chi connectivity index (χ0v) is 15.2. The average molecular weight is 352 g/mol. The smallest absolute Gasteiger partial charge is 0.161 e. The van der Waals surface area contributed by atoms with Gasteiger partial charge >= 0.3 is 0 Å². The van der Waals surface area contributed by atoms with Crippen molar-refractivity contribution in [1.82, 2.24) is 5.32 Å². The summed E-state index contributed by atoms with van der Waals surface area (Å²) in [7, 11) is 3.30. The number of rotatable bonds is 4. The minimum Gasteiger partial charge on any atom is -0.493 e. The number of nitrogens with one attached hydrogen (secondary N) is 1. The largest absolute Gasteiger partial charge is 0.493 e. The molecule has 0 aliphatic carbocycles. The number of nitrogens with zero attached hydrogens (tertiary/aromatic N) is 1. The van der Waals surface area contributed by atoms with E-state index in [0.717, 1.165) is 60.1 Å². The predicted octanol–water partition coefficient (Wildman–Crippen LogP) is 3.05. The maximum Gasteiger partial charge on any atom is 0.161 e. The van der Waals surface area contributed by atoms with Gasteiger partial charge in [-0.3, -0.25) is 0 Å². The van der Waals surface area contributed by atoms with Crippen molar-refractivity contribution in [3.63, 3.8) is 0 Å². The SMILES string of the molecule is COc1ccc(C2=Cc3ccc(N4CCNCC4)cc3OC2)cc1OC. The molecule has 0 amide bonds. The van der Waals surface area contributed by atoms with E-state index in [4.69, 9.17) is 14.2 Å². The number of benzene rings is 2. The lowest BCUT2D eigenvalue weighted by atomic mass is 10.00. The first-order valence-electron chi connectivity index (χ1n) is 8.94. The number of hydrogen-bond donors (Lipinski definition) is 1. The van der Waals surface area contributed by atoms with Crippen LogP contribution in [-0.4, -0.2) is 47.0 Å². The van der Waals surface area contributed by atoms with Gasteiger partial charge in [0.2, 0.25) is 0 Å². The van der Waals surface area contributed by atoms with Crippen molar-refractivity contribution < 1.29 is 14.2 Å². The van der Waals surface area contributed by atoms with Gasteiger partial charge in [-0.1, -0.05) is 6.07 Å². The van der Waals surface area contributed by atoms with Crippen LogP contribution in [0.3, 0.4) is 0 Å². The maximum atomic E-state index is 6.07. The normalized spacial score (nSPS) is 16.4. The van der Waals surface area contributed by atoms with Crippen molar-refractivity contribution in [2.75, 3.05) is 51.9 Å². The van der Waals surface area contributed by atoms with Gasteiger partial charge in [0.05, 0.1) is 14.2 Å². The van der Waals surface area contributed by atoms with Crippen molar-refractivity contribution in [3.05, 3.63) is 47.5 Å². The summed E-state index contributed by atoms with van der Waals surface area (Å²) in [4.78, 5) is 2.40. The van der Waals surface area contributed by atoms with E-state index in [-0.39, 0.29) is 0 Å². The topological polar surface area (TPSA) is 43.0 Å². The lowest BCUT2D eigenvalue weighted by Gasteiger charge is -2.30. The Morgan fingerprint density at radius 2 is 1.77 bits per heavy atom. The van der Waals surface area contributed by atoms with Gasteiger partial charge in [0.1, 0.15) is 12.4 Å². The van der Waals surface area contributed by atoms with E-state index in [9.17, 15) is 0 Å². The fourth-order valence-corrected chi connectivity index (χ4v) is 3.47. The fourth-order valence-electron chi connectivity index (χ4n) is 3.47. The Morgan fingerprint density at radius 1 is 0.962 bits per heavy atom. The van der Waals surface area contributed by atoms with E-state index in [1.807, 2.05) is 18.2 Å². The highest BCUT2D eigenvalue weighted by molar-refractivity contribution is 5.86. The summed E-state index contributed by atoms with van der Waals surface area (Å²) in [5, 5.41) is 3.39. The molecule has 0 spiro atoms. The predicted molar refractivity (Wildman–Crippen MR) is 104 cm³/mol. The molecule has 0 bridgehead atoms. The van der Waals surface area contributed by atoms with Gasteiger partial charge in [-0.15, -0.1) is 0 Å². The minimum absolute atomic E-state index is 0.549. The molecule has 0 saturated carbocycles. The van der Waals surface area contributed by atoms with Crippen LogP contribution in [0.1, 0.15) is 11.1 Å². The monoisotopic (exact) mass is 352 g/mol. The second-order valence-corrected chi connectivity index (χ2v) is 6.49. The van der Waals surface area contributed by atoms with Gasteiger partial charge in [-0.2, -0.15) is 0 Å². The van der Waals surface area contributed by atoms with Crippen LogP contribution in [0, 0.1) is 0 Å². The molecule has 0 aromatic heterocycles. The molecule has 2 aromatic carbocycles. The van der Waals surface area contributed by atoms with Crippen molar-refractivity contribution in [3.8, 4) is 17.2 Å². The lowest BCUT2D eigenvalue weighted by Crippen LogP contribution is -2.43. The molecule has 1 fully saturated rings. The Kier molecular flexibility index (Phi) is 4.71. The zero-order chi connectivity index (χ0) is 17.9. The Balaban J connectivity index is 1.61. The summed E-state index contributed by atoms with van der Waals surface area (Å²) < 4.78 is 16.8. The van der Waals surface area contributed by atoms with Gasteiger partial charge in [0.15, 0.2) is 11.5 Å². The summed E-state index contributed by atoms with van der Waals surface area (Å²) >= 11 is 0. The van der Waals surface area contributed by atoms with Crippen LogP contribution >= 0.6 is 0 Å². The highest BCUT2D eigenvalue weighted by Gasteiger charge is 2.17. The van der Waals surface area contributed by atoms with Crippen LogP contribution in [0.2, 0.25) is 0 Å². The highest BCUT2D eigenvalue weighted by Crippen LogP contribution is 2.36. The van der Waals surface area contributed by atoms with Crippen molar-refractivity contribution in [2.45, 2.75) is 0 Å². The van der Waals surface area contributed by atoms with Crippen molar-refractivity contribution >= 4 is 17.3 Å². The average Bonchev–Trinajstić information content (AvgIpc) is 2.73. The van der Waals surface area contributed by atoms with Crippen LogP contribution in [0.15, 0.2) is 36.4 Å². The number of anilines is 1. The van der Waals surface area contributed by atoms with E-state index >= 15 is 0 Å². The molecule has 4 rings (SSSR count). The lowest BCUT2D eigenvalue weighted by molar-refractivity contribution is 0.354. The minimum atomic E-state index is 0.549. The quantitative estimate of drug-likeness (QED) is 0.916. The van der Waals surface area contributed by atoms with Crippen molar-refractivity contribution in [2.24, 2.45) is 0 Å².